The van der Waals surface area contributed by atoms with E-state index in [9.17, 15) is 0 Å². The first-order valence-corrected chi connectivity index (χ1v) is 7.22. The van der Waals surface area contributed by atoms with Crippen LogP contribution in [0.2, 0.25) is 5.15 Å². The van der Waals surface area contributed by atoms with Crippen LogP contribution < -0.4 is 4.74 Å². The van der Waals surface area contributed by atoms with Crippen molar-refractivity contribution in [1.29, 1.82) is 0 Å². The van der Waals surface area contributed by atoms with Crippen molar-refractivity contribution in [2.24, 2.45) is 0 Å². The number of hydrogen-bond donors (Lipinski definition) is 0. The van der Waals surface area contributed by atoms with Crippen molar-refractivity contribution in [3.63, 3.8) is 0 Å². The minimum atomic E-state index is 0.554. The van der Waals surface area contributed by atoms with E-state index in [4.69, 9.17) is 16.3 Å². The number of pyridine rings is 1. The first-order chi connectivity index (χ1) is 10.8. The molecule has 0 fully saturated rings. The van der Waals surface area contributed by atoms with Crippen LogP contribution in [0.15, 0.2) is 54.7 Å². The van der Waals surface area contributed by atoms with Crippen LogP contribution in [-0.2, 0) is 0 Å². The lowest BCUT2D eigenvalue weighted by molar-refractivity contribution is 0.414. The van der Waals surface area contributed by atoms with Gasteiger partial charge < -0.3 is 4.74 Å². The number of halogens is 1. The fourth-order valence-corrected chi connectivity index (χ4v) is 2.81. The van der Waals surface area contributed by atoms with E-state index in [2.05, 4.69) is 10.1 Å². The van der Waals surface area contributed by atoms with Crippen LogP contribution in [-0.4, -0.2) is 21.9 Å². The van der Waals surface area contributed by atoms with Crippen molar-refractivity contribution < 1.29 is 4.74 Å². The lowest BCUT2D eigenvalue weighted by Gasteiger charge is -2.04. The maximum absolute atomic E-state index is 6.49. The molecule has 0 spiro atoms. The molecule has 4 rings (SSSR count). The molecule has 4 aromatic rings. The van der Waals surface area contributed by atoms with E-state index in [-0.39, 0.29) is 0 Å². The highest BCUT2D eigenvalue weighted by atomic mass is 35.5. The molecule has 22 heavy (non-hydrogen) atoms. The van der Waals surface area contributed by atoms with E-state index in [0.29, 0.717) is 5.15 Å². The summed E-state index contributed by atoms with van der Waals surface area (Å²) >= 11 is 6.49. The summed E-state index contributed by atoms with van der Waals surface area (Å²) in [6.07, 6.45) is 1.77. The lowest BCUT2D eigenvalue weighted by Crippen LogP contribution is -1.96. The van der Waals surface area contributed by atoms with Gasteiger partial charge in [0.1, 0.15) is 16.4 Å². The summed E-state index contributed by atoms with van der Waals surface area (Å²) in [4.78, 5) is 4.45. The van der Waals surface area contributed by atoms with Gasteiger partial charge in [-0.2, -0.15) is 5.10 Å². The smallest absolute Gasteiger partial charge is 0.142 e. The SMILES string of the molecule is COc1ccc(-n2nc3c(cnc4ccccc43)c2Cl)cc1. The van der Waals surface area contributed by atoms with Gasteiger partial charge in [-0.15, -0.1) is 0 Å². The van der Waals surface area contributed by atoms with Crippen molar-refractivity contribution in [3.05, 3.63) is 59.9 Å². The Bertz CT molecular complexity index is 976. The molecule has 0 N–H and O–H groups in total. The third kappa shape index (κ3) is 1.92. The molecule has 4 nitrogen and oxygen atoms in total. The molecule has 0 aliphatic heterocycles. The summed E-state index contributed by atoms with van der Waals surface area (Å²) in [5.41, 5.74) is 2.64. The van der Waals surface area contributed by atoms with Crippen LogP contribution in [0.1, 0.15) is 0 Å². The summed E-state index contributed by atoms with van der Waals surface area (Å²) in [6.45, 7) is 0. The van der Waals surface area contributed by atoms with Gasteiger partial charge >= 0.3 is 0 Å². The summed E-state index contributed by atoms with van der Waals surface area (Å²) in [7, 11) is 1.64. The Balaban J connectivity index is 1.98. The summed E-state index contributed by atoms with van der Waals surface area (Å²) < 4.78 is 6.90. The molecule has 5 heteroatoms. The molecular weight excluding hydrogens is 298 g/mol. The van der Waals surface area contributed by atoms with Crippen molar-refractivity contribution in [1.82, 2.24) is 14.8 Å². The molecule has 0 aliphatic carbocycles. The third-order valence-corrected chi connectivity index (χ3v) is 4.04. The van der Waals surface area contributed by atoms with Crippen LogP contribution in [0.3, 0.4) is 0 Å². The zero-order chi connectivity index (χ0) is 15.1. The van der Waals surface area contributed by atoms with Gasteiger partial charge in [0.2, 0.25) is 0 Å². The highest BCUT2D eigenvalue weighted by Gasteiger charge is 2.13. The van der Waals surface area contributed by atoms with Crippen molar-refractivity contribution in [3.8, 4) is 11.4 Å². The number of rotatable bonds is 2. The molecule has 2 heterocycles. The fourth-order valence-electron chi connectivity index (χ4n) is 2.54. The first-order valence-electron chi connectivity index (χ1n) is 6.84. The van der Waals surface area contributed by atoms with E-state index in [1.807, 2.05) is 48.5 Å². The van der Waals surface area contributed by atoms with Crippen LogP contribution in [0.4, 0.5) is 0 Å². The van der Waals surface area contributed by atoms with E-state index in [0.717, 1.165) is 33.2 Å². The molecule has 0 bridgehead atoms. The van der Waals surface area contributed by atoms with Crippen molar-refractivity contribution in [2.75, 3.05) is 7.11 Å². The lowest BCUT2D eigenvalue weighted by atomic mass is 10.2. The maximum Gasteiger partial charge on any atom is 0.142 e. The van der Waals surface area contributed by atoms with Crippen molar-refractivity contribution in [2.45, 2.75) is 0 Å². The molecule has 108 valence electrons. The quantitative estimate of drug-likeness (QED) is 0.556. The summed E-state index contributed by atoms with van der Waals surface area (Å²) in [5, 5.41) is 7.06. The van der Waals surface area contributed by atoms with E-state index >= 15 is 0 Å². The number of ether oxygens (including phenoxy) is 1. The highest BCUT2D eigenvalue weighted by Crippen LogP contribution is 2.30. The van der Waals surface area contributed by atoms with Gasteiger partial charge in [-0.25, -0.2) is 4.68 Å². The summed E-state index contributed by atoms with van der Waals surface area (Å²) in [6, 6.07) is 15.5. The molecule has 0 unspecified atom stereocenters. The average molecular weight is 310 g/mol. The number of methoxy groups -OCH3 is 1. The monoisotopic (exact) mass is 309 g/mol. The van der Waals surface area contributed by atoms with Crippen LogP contribution in [0, 0.1) is 0 Å². The molecule has 0 atom stereocenters. The molecule has 0 aliphatic rings. The number of para-hydroxylation sites is 1. The number of fused-ring (bicyclic) bond motifs is 3. The Morgan fingerprint density at radius 3 is 2.55 bits per heavy atom. The molecule has 0 saturated carbocycles. The molecule has 0 radical (unpaired) electrons. The summed E-state index contributed by atoms with van der Waals surface area (Å²) in [5.74, 6) is 0.795. The zero-order valence-electron chi connectivity index (χ0n) is 11.8. The zero-order valence-corrected chi connectivity index (χ0v) is 12.6. The highest BCUT2D eigenvalue weighted by molar-refractivity contribution is 6.35. The van der Waals surface area contributed by atoms with Crippen LogP contribution in [0.5, 0.6) is 5.75 Å². The van der Waals surface area contributed by atoms with Crippen molar-refractivity contribution >= 4 is 33.4 Å². The van der Waals surface area contributed by atoms with Gasteiger partial charge in [0, 0.05) is 11.6 Å². The van der Waals surface area contributed by atoms with Gasteiger partial charge in [0.25, 0.3) is 0 Å². The number of hydrogen-bond acceptors (Lipinski definition) is 3. The number of nitrogens with zero attached hydrogens (tertiary/aromatic N) is 3. The second-order valence-electron chi connectivity index (χ2n) is 4.94. The van der Waals surface area contributed by atoms with Crippen LogP contribution in [0.25, 0.3) is 27.5 Å². The average Bonchev–Trinajstić information content (AvgIpc) is 2.92. The minimum Gasteiger partial charge on any atom is -0.497 e. The van der Waals surface area contributed by atoms with Gasteiger partial charge in [-0.05, 0) is 30.3 Å². The second-order valence-corrected chi connectivity index (χ2v) is 5.30. The fraction of sp³-hybridized carbons (Fsp3) is 0.0588. The third-order valence-electron chi connectivity index (χ3n) is 3.67. The standard InChI is InChI=1S/C17H12ClN3O/c1-22-12-8-6-11(7-9-12)21-17(18)14-10-19-15-5-3-2-4-13(15)16(14)20-21/h2-10H,1H3. The number of benzene rings is 2. The Hall–Kier alpha value is -2.59. The van der Waals surface area contributed by atoms with Gasteiger partial charge in [0.15, 0.2) is 0 Å². The first kappa shape index (κ1) is 13.1. The molecule has 0 saturated heterocycles. The predicted molar refractivity (Wildman–Crippen MR) is 87.9 cm³/mol. The molecule has 2 aromatic carbocycles. The van der Waals surface area contributed by atoms with E-state index in [1.165, 1.54) is 0 Å². The van der Waals surface area contributed by atoms with E-state index < -0.39 is 0 Å². The van der Waals surface area contributed by atoms with Gasteiger partial charge in [0.05, 0.1) is 23.7 Å². The molecule has 0 amide bonds. The second kappa shape index (κ2) is 5.00. The molecular formula is C17H12ClN3O. The normalized spacial score (nSPS) is 11.2. The Kier molecular flexibility index (Phi) is 2.98. The largest absolute Gasteiger partial charge is 0.497 e. The maximum atomic E-state index is 6.49. The van der Waals surface area contributed by atoms with Crippen LogP contribution >= 0.6 is 11.6 Å². The predicted octanol–water partition coefficient (Wildman–Crippen LogP) is 4.24. The Morgan fingerprint density at radius 1 is 1.00 bits per heavy atom. The minimum absolute atomic E-state index is 0.554. The Labute approximate surface area is 131 Å². The molecule has 2 aromatic heterocycles. The van der Waals surface area contributed by atoms with E-state index in [1.54, 1.807) is 18.0 Å². The van der Waals surface area contributed by atoms with Gasteiger partial charge in [-0.1, -0.05) is 29.8 Å². The number of aromatic nitrogens is 3. The Morgan fingerprint density at radius 2 is 1.77 bits per heavy atom. The topological polar surface area (TPSA) is 39.9 Å². The van der Waals surface area contributed by atoms with Gasteiger partial charge in [-0.3, -0.25) is 4.98 Å².